The van der Waals surface area contributed by atoms with Crippen LogP contribution in [0.2, 0.25) is 10.3 Å². The Bertz CT molecular complexity index is 1170. The fraction of sp³-hybridized carbons (Fsp3) is 0.111. The highest BCUT2D eigenvalue weighted by molar-refractivity contribution is 6.29. The zero-order valence-electron chi connectivity index (χ0n) is 14.6. The molecule has 6 nitrogen and oxygen atoms in total. The van der Waals surface area contributed by atoms with Gasteiger partial charge in [0.25, 0.3) is 0 Å². The number of hydrogen-bond acceptors (Lipinski definition) is 6. The Morgan fingerprint density at radius 1 is 0.633 bits per heavy atom. The molecular formula is C18H10Cl2F4N4O2. The lowest BCUT2D eigenvalue weighted by atomic mass is 10.3. The van der Waals surface area contributed by atoms with E-state index in [0.717, 1.165) is 0 Å². The van der Waals surface area contributed by atoms with Gasteiger partial charge in [-0.3, -0.25) is 9.97 Å². The first-order valence-corrected chi connectivity index (χ1v) is 8.80. The molecule has 4 rings (SSSR count). The number of rotatable bonds is 4. The summed E-state index contributed by atoms with van der Waals surface area (Å²) in [4.78, 5) is 15.8. The van der Waals surface area contributed by atoms with Gasteiger partial charge >= 0.3 is 13.2 Å². The lowest BCUT2D eigenvalue weighted by molar-refractivity contribution is -0.0504. The number of halogens is 6. The number of ether oxygens (including phenoxy) is 2. The third-order valence-electron chi connectivity index (χ3n) is 3.42. The Hall–Kier alpha value is -2.98. The molecule has 0 radical (unpaired) electrons. The van der Waals surface area contributed by atoms with Crippen LogP contribution in [0.5, 0.6) is 11.5 Å². The Morgan fingerprint density at radius 2 is 1.10 bits per heavy atom. The third-order valence-corrected chi connectivity index (χ3v) is 3.78. The molecule has 30 heavy (non-hydrogen) atoms. The molecule has 0 amide bonds. The van der Waals surface area contributed by atoms with Crippen molar-refractivity contribution in [2.45, 2.75) is 13.2 Å². The minimum absolute atomic E-state index is 0.0362. The maximum absolute atomic E-state index is 11.9. The molecule has 0 spiro atoms. The summed E-state index contributed by atoms with van der Waals surface area (Å²) < 4.78 is 56.1. The molecular weight excluding hydrogens is 451 g/mol. The van der Waals surface area contributed by atoms with E-state index in [4.69, 9.17) is 23.2 Å². The number of fused-ring (bicyclic) bond motifs is 2. The fourth-order valence-corrected chi connectivity index (χ4v) is 2.57. The van der Waals surface area contributed by atoms with Crippen LogP contribution in [-0.4, -0.2) is 33.2 Å². The van der Waals surface area contributed by atoms with E-state index in [2.05, 4.69) is 29.4 Å². The molecule has 156 valence electrons. The monoisotopic (exact) mass is 460 g/mol. The van der Waals surface area contributed by atoms with Gasteiger partial charge in [0.15, 0.2) is 0 Å². The number of hydrogen-bond donors (Lipinski definition) is 0. The number of benzene rings is 2. The van der Waals surface area contributed by atoms with Crippen LogP contribution in [0.4, 0.5) is 17.6 Å². The molecule has 0 bridgehead atoms. The van der Waals surface area contributed by atoms with E-state index in [1.165, 1.54) is 48.8 Å². The van der Waals surface area contributed by atoms with Crippen molar-refractivity contribution in [1.82, 2.24) is 19.9 Å². The largest absolute Gasteiger partial charge is 0.435 e. The second-order valence-electron chi connectivity index (χ2n) is 5.44. The maximum Gasteiger partial charge on any atom is 0.387 e. The van der Waals surface area contributed by atoms with Crippen LogP contribution < -0.4 is 9.47 Å². The highest BCUT2D eigenvalue weighted by Crippen LogP contribution is 2.21. The molecule has 0 aliphatic rings. The lowest BCUT2D eigenvalue weighted by Crippen LogP contribution is -2.01. The summed E-state index contributed by atoms with van der Waals surface area (Å²) in [5.74, 6) is 0.0863. The molecule has 4 aromatic rings. The molecule has 0 N–H and O–H groups in total. The van der Waals surface area contributed by atoms with Crippen LogP contribution in [0.15, 0.2) is 48.8 Å². The average Bonchev–Trinajstić information content (AvgIpc) is 2.67. The van der Waals surface area contributed by atoms with Crippen LogP contribution >= 0.6 is 23.2 Å². The zero-order valence-corrected chi connectivity index (χ0v) is 16.2. The molecule has 0 atom stereocenters. The number of alkyl halides is 4. The first-order chi connectivity index (χ1) is 14.3. The third kappa shape index (κ3) is 6.01. The highest BCUT2D eigenvalue weighted by Gasteiger charge is 2.07. The molecule has 0 fully saturated rings. The Morgan fingerprint density at radius 3 is 1.67 bits per heavy atom. The summed E-state index contributed by atoms with van der Waals surface area (Å²) in [6, 6.07) is 8.59. The summed E-state index contributed by atoms with van der Waals surface area (Å²) in [6.45, 7) is -5.70. The molecule has 0 unspecified atom stereocenters. The van der Waals surface area contributed by atoms with E-state index >= 15 is 0 Å². The fourth-order valence-electron chi connectivity index (χ4n) is 2.29. The predicted molar refractivity (Wildman–Crippen MR) is 102 cm³/mol. The first-order valence-electron chi connectivity index (χ1n) is 8.04. The number of nitrogens with zero attached hydrogens (tertiary/aromatic N) is 4. The van der Waals surface area contributed by atoms with Crippen molar-refractivity contribution in [1.29, 1.82) is 0 Å². The topological polar surface area (TPSA) is 70.0 Å². The number of aromatic nitrogens is 4. The van der Waals surface area contributed by atoms with Gasteiger partial charge in [-0.15, -0.1) is 0 Å². The second-order valence-corrected chi connectivity index (χ2v) is 6.22. The maximum atomic E-state index is 11.9. The van der Waals surface area contributed by atoms with Crippen LogP contribution in [0.3, 0.4) is 0 Å². The molecule has 2 heterocycles. The molecule has 2 aromatic carbocycles. The van der Waals surface area contributed by atoms with Gasteiger partial charge in [0.2, 0.25) is 0 Å². The molecule has 12 heteroatoms. The Labute approximate surface area is 176 Å². The van der Waals surface area contributed by atoms with Crippen LogP contribution in [-0.2, 0) is 0 Å². The molecule has 2 aromatic heterocycles. The summed E-state index contributed by atoms with van der Waals surface area (Å²) in [5, 5.41) is 0.460. The minimum Gasteiger partial charge on any atom is -0.435 e. The van der Waals surface area contributed by atoms with Crippen LogP contribution in [0, 0.1) is 0 Å². The van der Waals surface area contributed by atoms with Gasteiger partial charge in [0.05, 0.1) is 34.5 Å². The quantitative estimate of drug-likeness (QED) is 0.360. The first kappa shape index (κ1) is 21.7. The van der Waals surface area contributed by atoms with Gasteiger partial charge in [0.1, 0.15) is 21.8 Å². The van der Waals surface area contributed by atoms with E-state index in [0.29, 0.717) is 22.1 Å². The van der Waals surface area contributed by atoms with Crippen molar-refractivity contribution >= 4 is 45.3 Å². The van der Waals surface area contributed by atoms with Gasteiger partial charge < -0.3 is 9.47 Å². The van der Waals surface area contributed by atoms with E-state index in [1.807, 2.05) is 0 Å². The van der Waals surface area contributed by atoms with E-state index in [-0.39, 0.29) is 21.8 Å². The van der Waals surface area contributed by atoms with Crippen molar-refractivity contribution < 1.29 is 27.0 Å². The summed E-state index contributed by atoms with van der Waals surface area (Å²) >= 11 is 11.2. The molecule has 0 aliphatic carbocycles. The zero-order chi connectivity index (χ0) is 21.7. The van der Waals surface area contributed by atoms with Crippen molar-refractivity contribution in [3.8, 4) is 11.5 Å². The highest BCUT2D eigenvalue weighted by atomic mass is 35.5. The van der Waals surface area contributed by atoms with Crippen molar-refractivity contribution in [2.24, 2.45) is 0 Å². The molecule has 0 saturated heterocycles. The van der Waals surface area contributed by atoms with Crippen LogP contribution in [0.1, 0.15) is 0 Å². The van der Waals surface area contributed by atoms with Gasteiger partial charge in [-0.25, -0.2) is 9.97 Å². The summed E-state index contributed by atoms with van der Waals surface area (Å²) in [5.41, 5.74) is 1.98. The van der Waals surface area contributed by atoms with Crippen molar-refractivity contribution in [3.63, 3.8) is 0 Å². The van der Waals surface area contributed by atoms with Gasteiger partial charge in [-0.2, -0.15) is 17.6 Å². The second kappa shape index (κ2) is 9.68. The van der Waals surface area contributed by atoms with E-state index in [9.17, 15) is 17.6 Å². The normalized spacial score (nSPS) is 10.9. The van der Waals surface area contributed by atoms with Gasteiger partial charge in [-0.1, -0.05) is 23.2 Å². The van der Waals surface area contributed by atoms with Gasteiger partial charge in [0, 0.05) is 12.1 Å². The molecule has 0 aliphatic heterocycles. The predicted octanol–water partition coefficient (Wildman–Crippen LogP) is 5.77. The average molecular weight is 461 g/mol. The molecule has 0 saturated carbocycles. The van der Waals surface area contributed by atoms with Crippen LogP contribution in [0.25, 0.3) is 22.1 Å². The SMILES string of the molecule is FC(F)Oc1ccc2nc(Cl)cnc2c1.FC(F)Oc1ccc2ncc(Cl)nc2c1. The summed E-state index contributed by atoms with van der Waals surface area (Å²) in [7, 11) is 0. The smallest absolute Gasteiger partial charge is 0.387 e. The minimum atomic E-state index is -2.85. The lowest BCUT2D eigenvalue weighted by Gasteiger charge is -2.04. The van der Waals surface area contributed by atoms with E-state index < -0.39 is 13.2 Å². The summed E-state index contributed by atoms with van der Waals surface area (Å²) in [6.07, 6.45) is 2.73. The van der Waals surface area contributed by atoms with Gasteiger partial charge in [-0.05, 0) is 24.3 Å². The van der Waals surface area contributed by atoms with Crippen molar-refractivity contribution in [3.05, 3.63) is 59.1 Å². The Balaban J connectivity index is 0.000000171. The van der Waals surface area contributed by atoms with E-state index in [1.54, 1.807) is 0 Å². The Kier molecular flexibility index (Phi) is 7.01. The van der Waals surface area contributed by atoms with Crippen molar-refractivity contribution in [2.75, 3.05) is 0 Å². The standard InChI is InChI=1S/2C9H5ClF2N2O/c10-8-4-13-7-3-5(15-9(11)12)1-2-6(7)14-8;10-8-4-13-6-2-1-5(15-9(11)12)3-7(6)14-8/h2*1-4,9H.